The number of benzene rings is 1. The van der Waals surface area contributed by atoms with Crippen LogP contribution in [0.1, 0.15) is 19.4 Å². The minimum atomic E-state index is 0.630. The summed E-state index contributed by atoms with van der Waals surface area (Å²) >= 11 is 0. The van der Waals surface area contributed by atoms with E-state index in [9.17, 15) is 0 Å². The Hall–Kier alpha value is -0.780. The molecule has 1 heterocycles. The summed E-state index contributed by atoms with van der Waals surface area (Å²) in [5.41, 5.74) is 4.24. The van der Waals surface area contributed by atoms with Crippen LogP contribution in [-0.4, -0.2) is 19.4 Å². The maximum absolute atomic E-state index is 2.24. The Morgan fingerprint density at radius 2 is 1.92 bits per heavy atom. The molecule has 0 amide bonds. The van der Waals surface area contributed by atoms with E-state index in [-0.39, 0.29) is 0 Å². The second kappa shape index (κ2) is 2.93. The number of hydrogen-bond acceptors (Lipinski definition) is 0. The molecule has 0 saturated heterocycles. The van der Waals surface area contributed by atoms with E-state index in [1.54, 1.807) is 0 Å². The molecule has 0 spiro atoms. The molecule has 1 aromatic rings. The third kappa shape index (κ3) is 1.16. The van der Waals surface area contributed by atoms with Crippen molar-refractivity contribution >= 4 is 24.9 Å². The van der Waals surface area contributed by atoms with Crippen molar-refractivity contribution in [2.45, 2.75) is 13.8 Å². The minimum absolute atomic E-state index is 0.630. The Bertz CT molecular complexity index is 326. The summed E-state index contributed by atoms with van der Waals surface area (Å²) < 4.78 is 0. The van der Waals surface area contributed by atoms with Crippen molar-refractivity contribution in [2.24, 2.45) is 5.92 Å². The van der Waals surface area contributed by atoms with Crippen molar-refractivity contribution in [3.63, 3.8) is 0 Å². The summed E-state index contributed by atoms with van der Waals surface area (Å²) in [7, 11) is 2.20. The van der Waals surface area contributed by atoms with Gasteiger partial charge in [0.2, 0.25) is 0 Å². The summed E-state index contributed by atoms with van der Waals surface area (Å²) in [6.45, 7) is 6.71. The van der Waals surface area contributed by atoms with Gasteiger partial charge in [0.25, 0.3) is 0 Å². The Balaban J connectivity index is 2.45. The normalized spacial score (nSPS) is 13.4. The van der Waals surface area contributed by atoms with Gasteiger partial charge in [-0.2, -0.15) is 0 Å². The van der Waals surface area contributed by atoms with Gasteiger partial charge in [-0.25, -0.2) is 0 Å². The second-order valence-electron chi connectivity index (χ2n) is 3.53. The summed E-state index contributed by atoms with van der Waals surface area (Å²) in [6.07, 6.45) is 0. The van der Waals surface area contributed by atoms with Crippen LogP contribution in [0, 0.1) is 5.92 Å². The quantitative estimate of drug-likeness (QED) is 0.524. The Morgan fingerprint density at radius 1 is 1.17 bits per heavy atom. The van der Waals surface area contributed by atoms with Crippen molar-refractivity contribution in [2.75, 3.05) is 0 Å². The van der Waals surface area contributed by atoms with E-state index in [0.29, 0.717) is 5.92 Å². The average molecular weight is 153 g/mol. The zero-order valence-corrected chi connectivity index (χ0v) is 7.54. The molecule has 1 aromatic carbocycles. The Morgan fingerprint density at radius 3 is 2.67 bits per heavy atom. The number of fused-ring (bicyclic) bond motifs is 1. The molecule has 0 aromatic heterocycles. The first kappa shape index (κ1) is 7.85. The van der Waals surface area contributed by atoms with E-state index in [2.05, 4.69) is 52.1 Å². The molecule has 2 heteroatoms. The second-order valence-corrected chi connectivity index (χ2v) is 3.53. The molecule has 0 atom stereocenters. The van der Waals surface area contributed by atoms with Crippen molar-refractivity contribution in [3.8, 4) is 0 Å². The van der Waals surface area contributed by atoms with Crippen LogP contribution in [0.5, 0.6) is 0 Å². The summed E-state index contributed by atoms with van der Waals surface area (Å²) in [4.78, 5) is 0. The van der Waals surface area contributed by atoms with Crippen LogP contribution in [0.25, 0.3) is 0 Å². The van der Waals surface area contributed by atoms with Crippen LogP contribution in [0.3, 0.4) is 0 Å². The van der Waals surface area contributed by atoms with Gasteiger partial charge in [-0.15, -0.1) is 0 Å². The topological polar surface area (TPSA) is 0 Å². The van der Waals surface area contributed by atoms with Gasteiger partial charge >= 0.3 is 74.5 Å². The van der Waals surface area contributed by atoms with E-state index in [1.807, 2.05) is 0 Å². The molecular formula is C10H11B2. The van der Waals surface area contributed by atoms with E-state index in [1.165, 1.54) is 16.5 Å². The van der Waals surface area contributed by atoms with Gasteiger partial charge in [0, 0.05) is 0 Å². The first-order chi connectivity index (χ1) is 5.79. The third-order valence-corrected chi connectivity index (χ3v) is 2.34. The number of rotatable bonds is 1. The molecule has 0 unspecified atom stereocenters. The average Bonchev–Trinajstić information content (AvgIpc) is 2.47. The van der Waals surface area contributed by atoms with Crippen molar-refractivity contribution in [1.29, 1.82) is 0 Å². The predicted molar refractivity (Wildman–Crippen MR) is 56.5 cm³/mol. The molecule has 0 fully saturated rings. The SMILES string of the molecule is CC(C)C1=B[B]c2ccccc21. The zero-order valence-electron chi connectivity index (χ0n) is 7.54. The molecule has 12 heavy (non-hydrogen) atoms. The van der Waals surface area contributed by atoms with E-state index in [4.69, 9.17) is 0 Å². The van der Waals surface area contributed by atoms with Crippen LogP contribution in [0.2, 0.25) is 0 Å². The van der Waals surface area contributed by atoms with Crippen molar-refractivity contribution in [1.82, 2.24) is 0 Å². The molecule has 1 radical (unpaired) electrons. The van der Waals surface area contributed by atoms with Crippen molar-refractivity contribution in [3.05, 3.63) is 29.8 Å². The molecule has 0 nitrogen and oxygen atoms in total. The van der Waals surface area contributed by atoms with Crippen LogP contribution >= 0.6 is 0 Å². The molecule has 1 aliphatic heterocycles. The number of hydrogen-bond donors (Lipinski definition) is 0. The van der Waals surface area contributed by atoms with E-state index < -0.39 is 0 Å². The molecule has 0 aliphatic carbocycles. The summed E-state index contributed by atoms with van der Waals surface area (Å²) in [5, 5.41) is 0. The maximum atomic E-state index is 2.24. The molecule has 2 rings (SSSR count). The fourth-order valence-electron chi connectivity index (χ4n) is 1.68. The first-order valence-corrected chi connectivity index (χ1v) is 4.43. The van der Waals surface area contributed by atoms with Gasteiger partial charge in [-0.05, 0) is 0 Å². The summed E-state index contributed by atoms with van der Waals surface area (Å²) in [5.74, 6) is 0.630. The van der Waals surface area contributed by atoms with E-state index in [0.717, 1.165) is 0 Å². The monoisotopic (exact) mass is 153 g/mol. The first-order valence-electron chi connectivity index (χ1n) is 4.43. The van der Waals surface area contributed by atoms with Crippen molar-refractivity contribution < 1.29 is 0 Å². The molecule has 0 bridgehead atoms. The zero-order chi connectivity index (χ0) is 8.55. The fourth-order valence-corrected chi connectivity index (χ4v) is 1.68. The van der Waals surface area contributed by atoms with E-state index >= 15 is 0 Å². The molecule has 0 N–H and O–H groups in total. The third-order valence-electron chi connectivity index (χ3n) is 2.34. The Labute approximate surface area is 75.1 Å². The van der Waals surface area contributed by atoms with Gasteiger partial charge in [-0.1, -0.05) is 0 Å². The van der Waals surface area contributed by atoms with Gasteiger partial charge < -0.3 is 0 Å². The van der Waals surface area contributed by atoms with Gasteiger partial charge in [0.15, 0.2) is 0 Å². The van der Waals surface area contributed by atoms with Crippen LogP contribution < -0.4 is 5.46 Å². The standard InChI is InChI=1S/C10H11B2/c1-7(2)10-8-5-3-4-6-9(8)11-12-10/h3-7H,1-2H3. The fraction of sp³-hybridized carbons (Fsp3) is 0.300. The molecule has 57 valence electrons. The molecule has 1 aliphatic rings. The predicted octanol–water partition coefficient (Wildman–Crippen LogP) is 0.825. The molecule has 0 saturated carbocycles. The summed E-state index contributed by atoms with van der Waals surface area (Å²) in [6, 6.07) is 8.56. The molecular weight excluding hydrogens is 142 g/mol. The Kier molecular flexibility index (Phi) is 1.92. The van der Waals surface area contributed by atoms with Crippen LogP contribution in [-0.2, 0) is 0 Å². The van der Waals surface area contributed by atoms with Gasteiger partial charge in [0.05, 0.1) is 0 Å². The van der Waals surface area contributed by atoms with Crippen LogP contribution in [0.4, 0.5) is 0 Å². The van der Waals surface area contributed by atoms with Gasteiger partial charge in [-0.3, -0.25) is 0 Å². The van der Waals surface area contributed by atoms with Gasteiger partial charge in [0.1, 0.15) is 0 Å². The van der Waals surface area contributed by atoms with Crippen LogP contribution in [0.15, 0.2) is 24.3 Å².